The third-order valence-corrected chi connectivity index (χ3v) is 5.83. The number of rotatable bonds is 3. The van der Waals surface area contributed by atoms with Crippen molar-refractivity contribution in [1.82, 2.24) is 10.0 Å². The largest absolute Gasteiger partial charge is 0.311 e. The summed E-state index contributed by atoms with van der Waals surface area (Å²) in [5.41, 5.74) is 0.113. The molecule has 0 saturated carbocycles. The minimum Gasteiger partial charge on any atom is -0.311 e. The highest BCUT2D eigenvalue weighted by Gasteiger charge is 2.35. The van der Waals surface area contributed by atoms with E-state index in [9.17, 15) is 17.2 Å². The van der Waals surface area contributed by atoms with Gasteiger partial charge in [0.05, 0.1) is 0 Å². The lowest BCUT2D eigenvalue weighted by molar-refractivity contribution is 0.345. The molecular weight excluding hydrogens is 334 g/mol. The van der Waals surface area contributed by atoms with Crippen LogP contribution in [0.4, 0.5) is 8.78 Å². The van der Waals surface area contributed by atoms with E-state index in [4.69, 9.17) is 0 Å². The van der Waals surface area contributed by atoms with Crippen molar-refractivity contribution < 1.29 is 17.2 Å². The predicted molar refractivity (Wildman–Crippen MR) is 81.6 cm³/mol. The lowest BCUT2D eigenvalue weighted by Gasteiger charge is -2.29. The summed E-state index contributed by atoms with van der Waals surface area (Å²) in [6, 6.07) is 2.13. The van der Waals surface area contributed by atoms with Gasteiger partial charge in [0.2, 0.25) is 10.0 Å². The zero-order valence-electron chi connectivity index (χ0n) is 12.1. The Morgan fingerprint density at radius 3 is 2.32 bits per heavy atom. The van der Waals surface area contributed by atoms with Gasteiger partial charge in [0, 0.05) is 24.2 Å². The van der Waals surface area contributed by atoms with Crippen LogP contribution in [0.5, 0.6) is 0 Å². The number of aryl methyl sites for hydroxylation is 1. The van der Waals surface area contributed by atoms with E-state index in [1.807, 2.05) is 0 Å². The monoisotopic (exact) mass is 352 g/mol. The van der Waals surface area contributed by atoms with Crippen LogP contribution in [0.1, 0.15) is 31.2 Å². The van der Waals surface area contributed by atoms with Gasteiger partial charge in [-0.05, 0) is 44.2 Å². The minimum atomic E-state index is -3.97. The van der Waals surface area contributed by atoms with E-state index in [0.29, 0.717) is 31.0 Å². The molecule has 0 amide bonds. The first kappa shape index (κ1) is 17.6. The summed E-state index contributed by atoms with van der Waals surface area (Å²) in [4.78, 5) is -0.479. The Morgan fingerprint density at radius 1 is 1.14 bits per heavy atom. The normalized spacial score (nSPS) is 27.5. The van der Waals surface area contributed by atoms with Crippen molar-refractivity contribution in [2.45, 2.75) is 55.6 Å². The number of benzene rings is 1. The van der Waals surface area contributed by atoms with Crippen LogP contribution in [0.25, 0.3) is 0 Å². The molecule has 2 unspecified atom stereocenters. The Balaban J connectivity index is 0.00000176. The van der Waals surface area contributed by atoms with E-state index in [1.54, 1.807) is 0 Å². The highest BCUT2D eigenvalue weighted by Crippen LogP contribution is 2.28. The molecule has 0 radical (unpaired) electrons. The molecule has 2 fully saturated rings. The molecule has 4 nitrogen and oxygen atoms in total. The molecule has 2 aliphatic rings. The second kappa shape index (κ2) is 6.39. The Kier molecular flexibility index (Phi) is 5.11. The second-order valence-electron chi connectivity index (χ2n) is 5.96. The van der Waals surface area contributed by atoms with Crippen LogP contribution < -0.4 is 10.0 Å². The van der Waals surface area contributed by atoms with Gasteiger partial charge in [-0.3, -0.25) is 0 Å². The zero-order valence-corrected chi connectivity index (χ0v) is 13.7. The van der Waals surface area contributed by atoms with Crippen molar-refractivity contribution in [3.63, 3.8) is 0 Å². The Labute approximate surface area is 135 Å². The van der Waals surface area contributed by atoms with Crippen molar-refractivity contribution in [3.05, 3.63) is 29.3 Å². The van der Waals surface area contributed by atoms with Gasteiger partial charge < -0.3 is 5.32 Å². The molecule has 0 aliphatic carbocycles. The molecule has 0 aromatic heterocycles. The van der Waals surface area contributed by atoms with Crippen molar-refractivity contribution in [1.29, 1.82) is 0 Å². The molecule has 2 aliphatic heterocycles. The highest BCUT2D eigenvalue weighted by molar-refractivity contribution is 7.89. The number of fused-ring (bicyclic) bond motifs is 2. The Bertz CT molecular complexity index is 657. The summed E-state index contributed by atoms with van der Waals surface area (Å²) in [6.45, 7) is 1.42. The van der Waals surface area contributed by atoms with Crippen LogP contribution in [-0.4, -0.2) is 26.5 Å². The maximum absolute atomic E-state index is 13.8. The second-order valence-corrected chi connectivity index (χ2v) is 7.64. The van der Waals surface area contributed by atoms with Crippen LogP contribution in [0.3, 0.4) is 0 Å². The molecule has 3 rings (SSSR count). The number of hydrogen-bond acceptors (Lipinski definition) is 3. The standard InChI is InChI=1S/C14H18F2N2O2S.ClH/c1-8-4-14(13(16)7-12(8)15)21(19,20)18-11-5-9-2-3-10(6-11)17-9;/h4,7,9-11,17-18H,2-3,5-6H2,1H3;1H. The van der Waals surface area contributed by atoms with Gasteiger partial charge in [0.25, 0.3) is 0 Å². The molecule has 0 spiro atoms. The summed E-state index contributed by atoms with van der Waals surface area (Å²) in [5, 5.41) is 3.42. The number of piperidine rings is 1. The average molecular weight is 353 g/mol. The maximum Gasteiger partial charge on any atom is 0.243 e. The topological polar surface area (TPSA) is 58.2 Å². The summed E-state index contributed by atoms with van der Waals surface area (Å²) in [6.07, 6.45) is 3.51. The van der Waals surface area contributed by atoms with E-state index >= 15 is 0 Å². The molecular formula is C14H19ClF2N2O2S. The first-order valence-corrected chi connectivity index (χ1v) is 8.57. The van der Waals surface area contributed by atoms with Gasteiger partial charge in [-0.2, -0.15) is 0 Å². The molecule has 8 heteroatoms. The molecule has 2 N–H and O–H groups in total. The maximum atomic E-state index is 13.8. The van der Waals surface area contributed by atoms with E-state index < -0.39 is 26.6 Å². The van der Waals surface area contributed by atoms with Gasteiger partial charge in [-0.25, -0.2) is 21.9 Å². The zero-order chi connectivity index (χ0) is 15.2. The fourth-order valence-electron chi connectivity index (χ4n) is 3.27. The van der Waals surface area contributed by atoms with Gasteiger partial charge in [-0.15, -0.1) is 12.4 Å². The molecule has 124 valence electrons. The number of halogens is 3. The summed E-state index contributed by atoms with van der Waals surface area (Å²) in [5.74, 6) is -1.80. The number of nitrogens with one attached hydrogen (secondary N) is 2. The van der Waals surface area contributed by atoms with Gasteiger partial charge in [-0.1, -0.05) is 0 Å². The Morgan fingerprint density at radius 2 is 1.73 bits per heavy atom. The van der Waals surface area contributed by atoms with Crippen LogP contribution in [0, 0.1) is 18.6 Å². The molecule has 2 saturated heterocycles. The third kappa shape index (κ3) is 3.42. The fraction of sp³-hybridized carbons (Fsp3) is 0.571. The van der Waals surface area contributed by atoms with Crippen molar-refractivity contribution in [2.75, 3.05) is 0 Å². The van der Waals surface area contributed by atoms with E-state index in [2.05, 4.69) is 10.0 Å². The molecule has 1 aromatic rings. The van der Waals surface area contributed by atoms with E-state index in [0.717, 1.165) is 18.9 Å². The molecule has 2 atom stereocenters. The molecule has 2 heterocycles. The lowest BCUT2D eigenvalue weighted by Crippen LogP contribution is -2.48. The van der Waals surface area contributed by atoms with Crippen LogP contribution >= 0.6 is 12.4 Å². The van der Waals surface area contributed by atoms with Crippen molar-refractivity contribution in [3.8, 4) is 0 Å². The summed E-state index contributed by atoms with van der Waals surface area (Å²) in [7, 11) is -3.97. The lowest BCUT2D eigenvalue weighted by atomic mass is 10.0. The predicted octanol–water partition coefficient (Wildman–Crippen LogP) is 2.26. The first-order chi connectivity index (χ1) is 9.85. The fourth-order valence-corrected chi connectivity index (χ4v) is 4.68. The quantitative estimate of drug-likeness (QED) is 0.877. The minimum absolute atomic E-state index is 0. The van der Waals surface area contributed by atoms with Crippen molar-refractivity contribution in [2.24, 2.45) is 0 Å². The molecule has 2 bridgehead atoms. The summed E-state index contributed by atoms with van der Waals surface area (Å²) < 4.78 is 54.2. The van der Waals surface area contributed by atoms with Crippen LogP contribution in [-0.2, 0) is 10.0 Å². The number of hydrogen-bond donors (Lipinski definition) is 2. The van der Waals surface area contributed by atoms with Crippen LogP contribution in [0.2, 0.25) is 0 Å². The third-order valence-electron chi connectivity index (χ3n) is 4.30. The molecule has 22 heavy (non-hydrogen) atoms. The first-order valence-electron chi connectivity index (χ1n) is 7.09. The van der Waals surface area contributed by atoms with E-state index in [-0.39, 0.29) is 24.0 Å². The van der Waals surface area contributed by atoms with Crippen LogP contribution in [0.15, 0.2) is 17.0 Å². The van der Waals surface area contributed by atoms with Gasteiger partial charge in [0.15, 0.2) is 0 Å². The molecule has 1 aromatic carbocycles. The Hall–Kier alpha value is -0.760. The van der Waals surface area contributed by atoms with Crippen molar-refractivity contribution >= 4 is 22.4 Å². The highest BCUT2D eigenvalue weighted by atomic mass is 35.5. The van der Waals surface area contributed by atoms with E-state index in [1.165, 1.54) is 6.92 Å². The average Bonchev–Trinajstić information content (AvgIpc) is 2.72. The summed E-state index contributed by atoms with van der Waals surface area (Å²) >= 11 is 0. The van der Waals surface area contributed by atoms with Gasteiger partial charge >= 0.3 is 0 Å². The van der Waals surface area contributed by atoms with Gasteiger partial charge in [0.1, 0.15) is 16.5 Å². The smallest absolute Gasteiger partial charge is 0.243 e. The number of sulfonamides is 1. The SMILES string of the molecule is Cc1cc(S(=O)(=O)NC2CC3CCC(C2)N3)c(F)cc1F.Cl.